The van der Waals surface area contributed by atoms with Gasteiger partial charge in [0.1, 0.15) is 11.6 Å². The van der Waals surface area contributed by atoms with E-state index >= 15 is 0 Å². The Kier molecular flexibility index (Phi) is 4.04. The van der Waals surface area contributed by atoms with Gasteiger partial charge in [0.15, 0.2) is 0 Å². The molecule has 0 aromatic carbocycles. The monoisotopic (exact) mass is 299 g/mol. The molecule has 7 nitrogen and oxygen atoms in total. The maximum absolute atomic E-state index is 4.61. The van der Waals surface area contributed by atoms with Crippen LogP contribution in [-0.4, -0.2) is 60.2 Å². The minimum atomic E-state index is 0.793. The fourth-order valence-electron chi connectivity index (χ4n) is 2.57. The van der Waals surface area contributed by atoms with Crippen molar-refractivity contribution in [3.05, 3.63) is 30.4 Å². The molecule has 3 heterocycles. The normalized spacial score (nSPS) is 15.0. The first-order valence-corrected chi connectivity index (χ1v) is 7.43. The maximum atomic E-state index is 4.61. The Labute approximate surface area is 130 Å². The summed E-state index contributed by atoms with van der Waals surface area (Å²) in [6.07, 6.45) is 5.30. The summed E-state index contributed by atoms with van der Waals surface area (Å²) in [4.78, 5) is 24.2. The number of piperazine rings is 1. The third-order valence-electron chi connectivity index (χ3n) is 3.80. The van der Waals surface area contributed by atoms with Crippen molar-refractivity contribution in [2.45, 2.75) is 6.92 Å². The molecule has 3 rings (SSSR count). The maximum Gasteiger partial charge on any atom is 0.227 e. The predicted molar refractivity (Wildman–Crippen MR) is 87.6 cm³/mol. The lowest BCUT2D eigenvalue weighted by atomic mass is 10.3. The van der Waals surface area contributed by atoms with E-state index in [0.29, 0.717) is 0 Å². The van der Waals surface area contributed by atoms with Crippen LogP contribution in [0, 0.1) is 6.92 Å². The van der Waals surface area contributed by atoms with Gasteiger partial charge in [0.2, 0.25) is 5.95 Å². The zero-order valence-corrected chi connectivity index (χ0v) is 13.3. The molecule has 1 aliphatic rings. The molecular formula is C15H21N7. The van der Waals surface area contributed by atoms with Gasteiger partial charge < -0.3 is 14.7 Å². The molecule has 0 saturated carbocycles. The van der Waals surface area contributed by atoms with Gasteiger partial charge in [0, 0.05) is 58.9 Å². The fourth-order valence-corrected chi connectivity index (χ4v) is 2.57. The van der Waals surface area contributed by atoms with Crippen LogP contribution in [0.3, 0.4) is 0 Å². The molecule has 0 radical (unpaired) electrons. The molecular weight excluding hydrogens is 278 g/mol. The largest absolute Gasteiger partial charge is 0.363 e. The van der Waals surface area contributed by atoms with Gasteiger partial charge in [0.25, 0.3) is 0 Å². The van der Waals surface area contributed by atoms with Crippen LogP contribution in [0.1, 0.15) is 5.69 Å². The molecule has 0 amide bonds. The molecule has 2 aromatic rings. The Morgan fingerprint density at radius 3 is 2.27 bits per heavy atom. The van der Waals surface area contributed by atoms with E-state index in [4.69, 9.17) is 0 Å². The summed E-state index contributed by atoms with van der Waals surface area (Å²) < 4.78 is 0. The van der Waals surface area contributed by atoms with E-state index in [1.807, 2.05) is 38.2 Å². The molecule has 0 bridgehead atoms. The fraction of sp³-hybridized carbons (Fsp3) is 0.467. The van der Waals surface area contributed by atoms with Crippen LogP contribution in [0.5, 0.6) is 0 Å². The van der Waals surface area contributed by atoms with Crippen LogP contribution in [-0.2, 0) is 0 Å². The Hall–Kier alpha value is -2.44. The van der Waals surface area contributed by atoms with Crippen molar-refractivity contribution in [2.24, 2.45) is 0 Å². The van der Waals surface area contributed by atoms with Crippen LogP contribution in [0.25, 0.3) is 0 Å². The minimum Gasteiger partial charge on any atom is -0.363 e. The summed E-state index contributed by atoms with van der Waals surface area (Å²) in [5.74, 6) is 2.70. The first kappa shape index (κ1) is 14.5. The molecule has 1 fully saturated rings. The molecule has 0 aliphatic carbocycles. The van der Waals surface area contributed by atoms with Gasteiger partial charge >= 0.3 is 0 Å². The van der Waals surface area contributed by atoms with Crippen molar-refractivity contribution in [1.82, 2.24) is 19.9 Å². The molecule has 22 heavy (non-hydrogen) atoms. The van der Waals surface area contributed by atoms with Crippen LogP contribution < -0.4 is 14.7 Å². The lowest BCUT2D eigenvalue weighted by Gasteiger charge is -2.35. The van der Waals surface area contributed by atoms with Gasteiger partial charge in [-0.25, -0.2) is 9.97 Å². The molecule has 1 saturated heterocycles. The second-order valence-corrected chi connectivity index (χ2v) is 5.55. The standard InChI is InChI=1S/C15H21N7/c1-12-14(17-7-6-16-12)21-8-10-22(11-9-21)15-18-5-4-13(19-15)20(2)3/h4-7H,8-11H2,1-3H3. The van der Waals surface area contributed by atoms with E-state index in [9.17, 15) is 0 Å². The number of aryl methyl sites for hydroxylation is 1. The van der Waals surface area contributed by atoms with E-state index in [2.05, 4.69) is 29.7 Å². The van der Waals surface area contributed by atoms with Gasteiger partial charge in [-0.3, -0.25) is 4.98 Å². The van der Waals surface area contributed by atoms with Crippen LogP contribution >= 0.6 is 0 Å². The van der Waals surface area contributed by atoms with E-state index in [1.54, 1.807) is 12.4 Å². The molecule has 1 aliphatic heterocycles. The van der Waals surface area contributed by atoms with Crippen LogP contribution in [0.2, 0.25) is 0 Å². The van der Waals surface area contributed by atoms with Crippen molar-refractivity contribution < 1.29 is 0 Å². The third kappa shape index (κ3) is 2.93. The lowest BCUT2D eigenvalue weighted by Crippen LogP contribution is -2.47. The van der Waals surface area contributed by atoms with Crippen LogP contribution in [0.4, 0.5) is 17.6 Å². The van der Waals surface area contributed by atoms with Gasteiger partial charge in [-0.15, -0.1) is 0 Å². The Bertz CT molecular complexity index is 635. The summed E-state index contributed by atoms with van der Waals surface area (Å²) in [6.45, 7) is 5.56. The Balaban J connectivity index is 1.69. The molecule has 0 N–H and O–H groups in total. The Morgan fingerprint density at radius 1 is 0.909 bits per heavy atom. The van der Waals surface area contributed by atoms with Gasteiger partial charge in [0.05, 0.1) is 5.69 Å². The smallest absolute Gasteiger partial charge is 0.227 e. The molecule has 7 heteroatoms. The molecule has 116 valence electrons. The van der Waals surface area contributed by atoms with E-state index in [-0.39, 0.29) is 0 Å². The highest BCUT2D eigenvalue weighted by Gasteiger charge is 2.21. The van der Waals surface area contributed by atoms with Gasteiger partial charge in [-0.05, 0) is 13.0 Å². The summed E-state index contributed by atoms with van der Waals surface area (Å²) >= 11 is 0. The molecule has 0 atom stereocenters. The zero-order valence-electron chi connectivity index (χ0n) is 13.3. The van der Waals surface area contributed by atoms with Crippen molar-refractivity contribution >= 4 is 17.6 Å². The van der Waals surface area contributed by atoms with E-state index in [0.717, 1.165) is 49.5 Å². The SMILES string of the molecule is Cc1nccnc1N1CCN(c2nccc(N(C)C)n2)CC1. The number of rotatable bonds is 3. The highest BCUT2D eigenvalue weighted by Crippen LogP contribution is 2.19. The quantitative estimate of drug-likeness (QED) is 0.836. The third-order valence-corrected chi connectivity index (χ3v) is 3.80. The summed E-state index contributed by atoms with van der Waals surface area (Å²) in [5.41, 5.74) is 0.974. The number of nitrogens with zero attached hydrogens (tertiary/aromatic N) is 7. The summed E-state index contributed by atoms with van der Waals surface area (Å²) in [6, 6.07) is 1.92. The Morgan fingerprint density at radius 2 is 1.59 bits per heavy atom. The number of hydrogen-bond donors (Lipinski definition) is 0. The zero-order chi connectivity index (χ0) is 15.5. The van der Waals surface area contributed by atoms with Gasteiger partial charge in [-0.1, -0.05) is 0 Å². The topological polar surface area (TPSA) is 61.3 Å². The first-order valence-electron chi connectivity index (χ1n) is 7.43. The second-order valence-electron chi connectivity index (χ2n) is 5.55. The average Bonchev–Trinajstić information content (AvgIpc) is 2.56. The van der Waals surface area contributed by atoms with Gasteiger partial charge in [-0.2, -0.15) is 4.98 Å². The molecule has 2 aromatic heterocycles. The van der Waals surface area contributed by atoms with Crippen LogP contribution in [0.15, 0.2) is 24.7 Å². The van der Waals surface area contributed by atoms with E-state index in [1.165, 1.54) is 0 Å². The number of aromatic nitrogens is 4. The highest BCUT2D eigenvalue weighted by atomic mass is 15.3. The van der Waals surface area contributed by atoms with Crippen molar-refractivity contribution in [1.29, 1.82) is 0 Å². The van der Waals surface area contributed by atoms with E-state index < -0.39 is 0 Å². The lowest BCUT2D eigenvalue weighted by molar-refractivity contribution is 0.631. The summed E-state index contributed by atoms with van der Waals surface area (Å²) in [7, 11) is 3.97. The second kappa shape index (κ2) is 6.13. The number of hydrogen-bond acceptors (Lipinski definition) is 7. The first-order chi connectivity index (χ1) is 10.6. The summed E-state index contributed by atoms with van der Waals surface area (Å²) in [5, 5.41) is 0. The predicted octanol–water partition coefficient (Wildman–Crippen LogP) is 0.968. The average molecular weight is 299 g/mol. The number of anilines is 3. The van der Waals surface area contributed by atoms with Crippen molar-refractivity contribution in [2.75, 3.05) is 55.0 Å². The van der Waals surface area contributed by atoms with Crippen molar-refractivity contribution in [3.63, 3.8) is 0 Å². The minimum absolute atomic E-state index is 0.793. The molecule has 0 unspecified atom stereocenters. The highest BCUT2D eigenvalue weighted by molar-refractivity contribution is 5.47. The molecule has 0 spiro atoms. The van der Waals surface area contributed by atoms with Crippen molar-refractivity contribution in [3.8, 4) is 0 Å².